The quantitative estimate of drug-likeness (QED) is 0.843. The van der Waals surface area contributed by atoms with Gasteiger partial charge in [-0.15, -0.1) is 11.3 Å². The lowest BCUT2D eigenvalue weighted by atomic mass is 10.1. The van der Waals surface area contributed by atoms with Crippen LogP contribution in [0.15, 0.2) is 17.5 Å². The molecule has 0 bridgehead atoms. The molecular formula is C12H18N2OS. The van der Waals surface area contributed by atoms with Crippen LogP contribution in [0.2, 0.25) is 0 Å². The van der Waals surface area contributed by atoms with Gasteiger partial charge >= 0.3 is 0 Å². The number of rotatable bonds is 4. The summed E-state index contributed by atoms with van der Waals surface area (Å²) in [6, 6.07) is 4.31. The van der Waals surface area contributed by atoms with Crippen LogP contribution >= 0.6 is 11.3 Å². The number of carbonyl (C=O) groups excluding carboxylic acids is 1. The molecule has 16 heavy (non-hydrogen) atoms. The van der Waals surface area contributed by atoms with E-state index < -0.39 is 0 Å². The molecule has 1 aliphatic heterocycles. The first-order valence-electron chi connectivity index (χ1n) is 5.88. The first-order valence-corrected chi connectivity index (χ1v) is 6.76. The van der Waals surface area contributed by atoms with Gasteiger partial charge in [-0.3, -0.25) is 4.79 Å². The summed E-state index contributed by atoms with van der Waals surface area (Å²) >= 11 is 1.71. The maximum Gasteiger partial charge on any atom is 0.237 e. The topological polar surface area (TPSA) is 41.1 Å². The van der Waals surface area contributed by atoms with Crippen LogP contribution < -0.4 is 10.6 Å². The zero-order chi connectivity index (χ0) is 11.4. The Morgan fingerprint density at radius 1 is 1.75 bits per heavy atom. The fraction of sp³-hybridized carbons (Fsp3) is 0.583. The summed E-state index contributed by atoms with van der Waals surface area (Å²) in [5, 5.41) is 8.40. The normalized spacial score (nSPS) is 21.9. The van der Waals surface area contributed by atoms with Gasteiger partial charge in [0.15, 0.2) is 0 Å². The lowest BCUT2D eigenvalue weighted by Gasteiger charge is -2.18. The molecule has 1 saturated heterocycles. The van der Waals surface area contributed by atoms with Crippen molar-refractivity contribution in [2.24, 2.45) is 0 Å². The third-order valence-corrected chi connectivity index (χ3v) is 3.97. The van der Waals surface area contributed by atoms with Crippen molar-refractivity contribution in [1.82, 2.24) is 10.6 Å². The Morgan fingerprint density at radius 2 is 2.62 bits per heavy atom. The molecule has 2 unspecified atom stereocenters. The van der Waals surface area contributed by atoms with E-state index in [1.54, 1.807) is 11.3 Å². The SMILES string of the molecule is CCC(NC(=O)C1CCCN1)c1cccs1. The average Bonchev–Trinajstić information content (AvgIpc) is 2.96. The van der Waals surface area contributed by atoms with E-state index in [0.717, 1.165) is 25.8 Å². The molecule has 88 valence electrons. The summed E-state index contributed by atoms with van der Waals surface area (Å²) in [6.07, 6.45) is 3.01. The first-order chi connectivity index (χ1) is 7.81. The molecule has 0 saturated carbocycles. The maximum atomic E-state index is 11.9. The minimum atomic E-state index is 0.0222. The molecule has 1 aromatic rings. The van der Waals surface area contributed by atoms with E-state index in [4.69, 9.17) is 0 Å². The Bertz CT molecular complexity index is 331. The highest BCUT2D eigenvalue weighted by Gasteiger charge is 2.24. The van der Waals surface area contributed by atoms with Crippen molar-refractivity contribution in [2.75, 3.05) is 6.54 Å². The van der Waals surface area contributed by atoms with Crippen LogP contribution in [-0.2, 0) is 4.79 Å². The van der Waals surface area contributed by atoms with Gasteiger partial charge in [0.05, 0.1) is 12.1 Å². The molecule has 0 aromatic carbocycles. The molecule has 2 rings (SSSR count). The molecule has 2 atom stereocenters. The van der Waals surface area contributed by atoms with Crippen LogP contribution in [-0.4, -0.2) is 18.5 Å². The molecule has 1 aromatic heterocycles. The molecule has 1 amide bonds. The van der Waals surface area contributed by atoms with Crippen LogP contribution in [0.4, 0.5) is 0 Å². The highest BCUT2D eigenvalue weighted by Crippen LogP contribution is 2.22. The van der Waals surface area contributed by atoms with E-state index in [9.17, 15) is 4.79 Å². The first kappa shape index (κ1) is 11.6. The van der Waals surface area contributed by atoms with Gasteiger partial charge in [0.1, 0.15) is 0 Å². The monoisotopic (exact) mass is 238 g/mol. The number of nitrogens with one attached hydrogen (secondary N) is 2. The van der Waals surface area contributed by atoms with Crippen molar-refractivity contribution in [1.29, 1.82) is 0 Å². The fourth-order valence-electron chi connectivity index (χ4n) is 2.04. The molecular weight excluding hydrogens is 220 g/mol. The van der Waals surface area contributed by atoms with Crippen molar-refractivity contribution in [3.05, 3.63) is 22.4 Å². The largest absolute Gasteiger partial charge is 0.347 e. The van der Waals surface area contributed by atoms with E-state index >= 15 is 0 Å². The summed E-state index contributed by atoms with van der Waals surface area (Å²) in [5.74, 6) is 0.151. The summed E-state index contributed by atoms with van der Waals surface area (Å²) < 4.78 is 0. The zero-order valence-corrected chi connectivity index (χ0v) is 10.3. The minimum Gasteiger partial charge on any atom is -0.347 e. The number of hydrogen-bond donors (Lipinski definition) is 2. The lowest BCUT2D eigenvalue weighted by Crippen LogP contribution is -2.41. The second-order valence-electron chi connectivity index (χ2n) is 4.13. The van der Waals surface area contributed by atoms with Crippen molar-refractivity contribution >= 4 is 17.2 Å². The Balaban J connectivity index is 1.93. The van der Waals surface area contributed by atoms with Gasteiger partial charge in [-0.05, 0) is 37.3 Å². The molecule has 4 heteroatoms. The number of thiophene rings is 1. The Hall–Kier alpha value is -0.870. The van der Waals surface area contributed by atoms with E-state index in [2.05, 4.69) is 29.0 Å². The molecule has 2 N–H and O–H groups in total. The van der Waals surface area contributed by atoms with Crippen LogP contribution in [0.5, 0.6) is 0 Å². The van der Waals surface area contributed by atoms with Crippen molar-refractivity contribution in [3.63, 3.8) is 0 Å². The van der Waals surface area contributed by atoms with Crippen LogP contribution in [0, 0.1) is 0 Å². The standard InChI is InChI=1S/C12H18N2OS/c1-2-9(11-6-4-8-16-11)14-12(15)10-5-3-7-13-10/h4,6,8-10,13H,2-3,5,7H2,1H3,(H,14,15). The fourth-order valence-corrected chi connectivity index (χ4v) is 2.91. The Morgan fingerprint density at radius 3 is 3.19 bits per heavy atom. The van der Waals surface area contributed by atoms with Crippen LogP contribution in [0.25, 0.3) is 0 Å². The molecule has 3 nitrogen and oxygen atoms in total. The maximum absolute atomic E-state index is 11.9. The molecule has 1 aliphatic rings. The predicted molar refractivity (Wildman–Crippen MR) is 66.5 cm³/mol. The van der Waals surface area contributed by atoms with Gasteiger partial charge in [0, 0.05) is 4.88 Å². The number of carbonyl (C=O) groups is 1. The number of hydrogen-bond acceptors (Lipinski definition) is 3. The molecule has 2 heterocycles. The molecule has 0 radical (unpaired) electrons. The van der Waals surface area contributed by atoms with Gasteiger partial charge in [-0.25, -0.2) is 0 Å². The van der Waals surface area contributed by atoms with E-state index in [1.165, 1.54) is 4.88 Å². The molecule has 0 spiro atoms. The van der Waals surface area contributed by atoms with Gasteiger partial charge in [0.25, 0.3) is 0 Å². The lowest BCUT2D eigenvalue weighted by molar-refractivity contribution is -0.123. The van der Waals surface area contributed by atoms with E-state index in [-0.39, 0.29) is 18.0 Å². The summed E-state index contributed by atoms with van der Waals surface area (Å²) in [7, 11) is 0. The van der Waals surface area contributed by atoms with Gasteiger partial charge < -0.3 is 10.6 Å². The Labute approximate surface area is 100 Å². The van der Waals surface area contributed by atoms with E-state index in [0.29, 0.717) is 0 Å². The van der Waals surface area contributed by atoms with Crippen LogP contribution in [0.1, 0.15) is 37.1 Å². The molecule has 1 fully saturated rings. The summed E-state index contributed by atoms with van der Waals surface area (Å²) in [4.78, 5) is 13.2. The third kappa shape index (κ3) is 2.62. The van der Waals surface area contributed by atoms with Gasteiger partial charge in [-0.2, -0.15) is 0 Å². The third-order valence-electron chi connectivity index (χ3n) is 2.99. The Kier molecular flexibility index (Phi) is 3.96. The van der Waals surface area contributed by atoms with Crippen LogP contribution in [0.3, 0.4) is 0 Å². The second-order valence-corrected chi connectivity index (χ2v) is 5.11. The van der Waals surface area contributed by atoms with Crippen molar-refractivity contribution < 1.29 is 4.79 Å². The summed E-state index contributed by atoms with van der Waals surface area (Å²) in [5.41, 5.74) is 0. The van der Waals surface area contributed by atoms with Crippen molar-refractivity contribution in [2.45, 2.75) is 38.3 Å². The average molecular weight is 238 g/mol. The smallest absolute Gasteiger partial charge is 0.237 e. The highest BCUT2D eigenvalue weighted by molar-refractivity contribution is 7.10. The predicted octanol–water partition coefficient (Wildman–Crippen LogP) is 2.07. The highest BCUT2D eigenvalue weighted by atomic mass is 32.1. The van der Waals surface area contributed by atoms with E-state index in [1.807, 2.05) is 6.07 Å². The zero-order valence-electron chi connectivity index (χ0n) is 9.53. The number of amides is 1. The van der Waals surface area contributed by atoms with Crippen molar-refractivity contribution in [3.8, 4) is 0 Å². The minimum absolute atomic E-state index is 0.0222. The van der Waals surface area contributed by atoms with Gasteiger partial charge in [0.2, 0.25) is 5.91 Å². The van der Waals surface area contributed by atoms with Gasteiger partial charge in [-0.1, -0.05) is 13.0 Å². The summed E-state index contributed by atoms with van der Waals surface area (Å²) in [6.45, 7) is 3.07. The second kappa shape index (κ2) is 5.46. The molecule has 0 aliphatic carbocycles.